The molecule has 11 heavy (non-hydrogen) atoms. The van der Waals surface area contributed by atoms with Gasteiger partial charge in [0.15, 0.2) is 0 Å². The number of ether oxygens (including phenoxy) is 1. The van der Waals surface area contributed by atoms with E-state index < -0.39 is 17.5 Å². The third kappa shape index (κ3) is 3.13. The molecule has 0 rings (SSSR count). The lowest BCUT2D eigenvalue weighted by atomic mass is 10.2. The molecule has 0 aromatic carbocycles. The summed E-state index contributed by atoms with van der Waals surface area (Å²) in [5.74, 6) is -4.23. The quantitative estimate of drug-likeness (QED) is 0.274. The first-order valence-corrected chi connectivity index (χ1v) is 2.93. The summed E-state index contributed by atoms with van der Waals surface area (Å²) in [5, 5.41) is 25.2. The highest BCUT2D eigenvalue weighted by atomic mass is 16.7. The molecule has 5 heteroatoms. The molecule has 64 valence electrons. The van der Waals surface area contributed by atoms with Crippen LogP contribution in [0.15, 0.2) is 12.2 Å². The fourth-order valence-electron chi connectivity index (χ4n) is 0.355. The summed E-state index contributed by atoms with van der Waals surface area (Å²) in [5.41, 5.74) is -0.806. The largest absolute Gasteiger partial charge is 0.462 e. The number of carbonyl (C=O) groups excluding carboxylic acids is 1. The summed E-state index contributed by atoms with van der Waals surface area (Å²) < 4.78 is 4.31. The van der Waals surface area contributed by atoms with Gasteiger partial charge in [-0.15, -0.1) is 0 Å². The predicted molar refractivity (Wildman–Crippen MR) is 35.2 cm³/mol. The normalized spacial score (nSPS) is 10.9. The zero-order valence-electron chi connectivity index (χ0n) is 6.07. The van der Waals surface area contributed by atoms with Gasteiger partial charge in [0.2, 0.25) is 0 Å². The van der Waals surface area contributed by atoms with Crippen molar-refractivity contribution in [3.63, 3.8) is 0 Å². The van der Waals surface area contributed by atoms with Crippen LogP contribution in [0.25, 0.3) is 0 Å². The van der Waals surface area contributed by atoms with E-state index in [0.29, 0.717) is 0 Å². The molecule has 0 amide bonds. The zero-order chi connectivity index (χ0) is 9.07. The Labute approximate surface area is 63.5 Å². The van der Waals surface area contributed by atoms with E-state index in [9.17, 15) is 4.79 Å². The van der Waals surface area contributed by atoms with Crippen molar-refractivity contribution >= 4 is 5.97 Å². The summed E-state index contributed by atoms with van der Waals surface area (Å²) in [6.45, 7) is 4.54. The molecule has 0 aliphatic rings. The predicted octanol–water partition coefficient (Wildman–Crippen LogP) is -1.26. The number of esters is 1. The van der Waals surface area contributed by atoms with Crippen LogP contribution in [-0.4, -0.2) is 33.9 Å². The van der Waals surface area contributed by atoms with Gasteiger partial charge in [-0.25, -0.2) is 4.79 Å². The van der Waals surface area contributed by atoms with E-state index >= 15 is 0 Å². The number of carbonyl (C=O) groups is 1. The second kappa shape index (κ2) is 3.47. The maximum atomic E-state index is 10.6. The van der Waals surface area contributed by atoms with Gasteiger partial charge in [0.25, 0.3) is 0 Å². The lowest BCUT2D eigenvalue weighted by molar-refractivity contribution is -0.282. The molecule has 0 fully saturated rings. The van der Waals surface area contributed by atoms with Crippen LogP contribution in [0.4, 0.5) is 0 Å². The number of hydrogen-bond acceptors (Lipinski definition) is 5. The van der Waals surface area contributed by atoms with Crippen LogP contribution < -0.4 is 0 Å². The Kier molecular flexibility index (Phi) is 3.18. The lowest BCUT2D eigenvalue weighted by Gasteiger charge is -2.14. The molecular formula is C6H10O5. The second-order valence-electron chi connectivity index (χ2n) is 1.83. The van der Waals surface area contributed by atoms with Gasteiger partial charge in [-0.05, 0) is 6.92 Å². The third-order valence-corrected chi connectivity index (χ3v) is 0.927. The molecule has 0 spiro atoms. The van der Waals surface area contributed by atoms with Gasteiger partial charge in [0, 0.05) is 0 Å². The van der Waals surface area contributed by atoms with E-state index in [1.165, 1.54) is 0 Å². The average molecular weight is 162 g/mol. The molecule has 0 aliphatic carbocycles. The van der Waals surface area contributed by atoms with Crippen LogP contribution in [0, 0.1) is 0 Å². The fourth-order valence-corrected chi connectivity index (χ4v) is 0.355. The smallest absolute Gasteiger partial charge is 0.341 e. The Morgan fingerprint density at radius 3 is 2.27 bits per heavy atom. The van der Waals surface area contributed by atoms with E-state index in [-0.39, 0.29) is 6.61 Å². The first kappa shape index (κ1) is 10.1. The molecule has 0 saturated carbocycles. The zero-order valence-corrected chi connectivity index (χ0v) is 6.07. The van der Waals surface area contributed by atoms with Crippen molar-refractivity contribution in [1.82, 2.24) is 0 Å². The Hall–Kier alpha value is -0.910. The first-order chi connectivity index (χ1) is 4.89. The molecule has 3 N–H and O–H groups in total. The van der Waals surface area contributed by atoms with Crippen molar-refractivity contribution in [3.05, 3.63) is 12.2 Å². The third-order valence-electron chi connectivity index (χ3n) is 0.927. The monoisotopic (exact) mass is 162 g/mol. The highest BCUT2D eigenvalue weighted by Gasteiger charge is 2.30. The summed E-state index contributed by atoms with van der Waals surface area (Å²) >= 11 is 0. The lowest BCUT2D eigenvalue weighted by Crippen LogP contribution is -2.34. The van der Waals surface area contributed by atoms with Crippen LogP contribution >= 0.6 is 0 Å². The molecule has 0 radical (unpaired) electrons. The Bertz CT molecular complexity index is 166. The van der Waals surface area contributed by atoms with Crippen molar-refractivity contribution in [2.75, 3.05) is 6.61 Å². The van der Waals surface area contributed by atoms with E-state index in [4.69, 9.17) is 15.3 Å². The van der Waals surface area contributed by atoms with Gasteiger partial charge < -0.3 is 20.1 Å². The minimum absolute atomic E-state index is 0.0773. The molecular weight excluding hydrogens is 152 g/mol. The van der Waals surface area contributed by atoms with Crippen LogP contribution in [0.1, 0.15) is 6.92 Å². The minimum Gasteiger partial charge on any atom is -0.462 e. The van der Waals surface area contributed by atoms with Crippen molar-refractivity contribution < 1.29 is 24.9 Å². The summed E-state index contributed by atoms with van der Waals surface area (Å²) in [4.78, 5) is 10.6. The molecule has 0 aromatic heterocycles. The van der Waals surface area contributed by atoms with Crippen LogP contribution in [0.3, 0.4) is 0 Å². The van der Waals surface area contributed by atoms with Crippen molar-refractivity contribution in [1.29, 1.82) is 0 Å². The van der Waals surface area contributed by atoms with Crippen LogP contribution in [0.5, 0.6) is 0 Å². The molecule has 0 aromatic rings. The Morgan fingerprint density at radius 2 is 2.00 bits per heavy atom. The van der Waals surface area contributed by atoms with Gasteiger partial charge in [0.05, 0.1) is 6.61 Å². The average Bonchev–Trinajstić information content (AvgIpc) is 1.85. The topological polar surface area (TPSA) is 87.0 Å². The maximum absolute atomic E-state index is 10.6. The SMILES string of the molecule is C=C(C(=O)OCC)C(O)(O)O. The molecule has 0 unspecified atom stereocenters. The molecule has 5 nitrogen and oxygen atoms in total. The Balaban J connectivity index is 4.15. The summed E-state index contributed by atoms with van der Waals surface area (Å²) in [6, 6.07) is 0. The van der Waals surface area contributed by atoms with Crippen LogP contribution in [0.2, 0.25) is 0 Å². The van der Waals surface area contributed by atoms with Crippen LogP contribution in [-0.2, 0) is 9.53 Å². The van der Waals surface area contributed by atoms with E-state index in [0.717, 1.165) is 0 Å². The van der Waals surface area contributed by atoms with E-state index in [1.807, 2.05) is 0 Å². The standard InChI is InChI=1S/C6H10O5/c1-3-11-5(7)4(2)6(8,9)10/h8-10H,2-3H2,1H3. The van der Waals surface area contributed by atoms with E-state index in [2.05, 4.69) is 11.3 Å². The van der Waals surface area contributed by atoms with Gasteiger partial charge in [0.1, 0.15) is 5.57 Å². The first-order valence-electron chi connectivity index (χ1n) is 2.93. The maximum Gasteiger partial charge on any atom is 0.341 e. The second-order valence-corrected chi connectivity index (χ2v) is 1.83. The summed E-state index contributed by atoms with van der Waals surface area (Å²) in [7, 11) is 0. The minimum atomic E-state index is -3.19. The summed E-state index contributed by atoms with van der Waals surface area (Å²) in [6.07, 6.45) is 0. The van der Waals surface area contributed by atoms with Crippen molar-refractivity contribution in [3.8, 4) is 0 Å². The van der Waals surface area contributed by atoms with Gasteiger partial charge in [-0.3, -0.25) is 0 Å². The van der Waals surface area contributed by atoms with Gasteiger partial charge in [-0.2, -0.15) is 0 Å². The molecule has 0 heterocycles. The number of aliphatic hydroxyl groups is 3. The van der Waals surface area contributed by atoms with Crippen molar-refractivity contribution in [2.24, 2.45) is 0 Å². The number of hydrogen-bond donors (Lipinski definition) is 3. The molecule has 0 bridgehead atoms. The van der Waals surface area contributed by atoms with E-state index in [1.54, 1.807) is 6.92 Å². The Morgan fingerprint density at radius 1 is 1.55 bits per heavy atom. The highest BCUT2D eigenvalue weighted by Crippen LogP contribution is 2.08. The van der Waals surface area contributed by atoms with Crippen molar-refractivity contribution in [2.45, 2.75) is 12.9 Å². The molecule has 0 atom stereocenters. The molecule has 0 saturated heterocycles. The fraction of sp³-hybridized carbons (Fsp3) is 0.500. The van der Waals surface area contributed by atoms with Gasteiger partial charge in [-0.1, -0.05) is 6.58 Å². The molecule has 0 aliphatic heterocycles. The highest BCUT2D eigenvalue weighted by molar-refractivity contribution is 5.88. The number of rotatable bonds is 3. The van der Waals surface area contributed by atoms with Gasteiger partial charge >= 0.3 is 11.9 Å².